The van der Waals surface area contributed by atoms with E-state index in [1.54, 1.807) is 12.1 Å². The molecule has 0 saturated heterocycles. The Hall–Kier alpha value is -3.19. The summed E-state index contributed by atoms with van der Waals surface area (Å²) in [6.07, 6.45) is -3.73. The van der Waals surface area contributed by atoms with Crippen LogP contribution < -0.4 is 15.4 Å². The molecule has 0 atom stereocenters. The van der Waals surface area contributed by atoms with Crippen molar-refractivity contribution in [1.82, 2.24) is 10.3 Å². The summed E-state index contributed by atoms with van der Waals surface area (Å²) in [5, 5.41) is 13.3. The first-order valence-electron chi connectivity index (χ1n) is 6.98. The zero-order valence-corrected chi connectivity index (χ0v) is 14.0. The number of carbonyl (C=O) groups excluding carboxylic acids is 1. The van der Waals surface area contributed by atoms with Crippen LogP contribution in [0.5, 0.6) is 5.75 Å². The van der Waals surface area contributed by atoms with E-state index in [0.29, 0.717) is 11.8 Å². The normalized spacial score (nSPS) is 10.6. The number of rotatable bonds is 3. The molecule has 2 aromatic rings. The summed E-state index contributed by atoms with van der Waals surface area (Å²) in [5.41, 5.74) is -1.79. The number of pyridine rings is 1. The number of anilines is 1. The van der Waals surface area contributed by atoms with E-state index in [1.165, 1.54) is 25.3 Å². The number of nitrogens with zero attached hydrogens (tertiary/aromatic N) is 2. The van der Waals surface area contributed by atoms with Crippen molar-refractivity contribution in [3.8, 4) is 11.8 Å². The van der Waals surface area contributed by atoms with E-state index in [2.05, 4.69) is 15.6 Å². The minimum Gasteiger partial charge on any atom is -0.497 e. The van der Waals surface area contributed by atoms with E-state index < -0.39 is 23.3 Å². The van der Waals surface area contributed by atoms with Crippen LogP contribution in [0.4, 0.5) is 18.9 Å². The fourth-order valence-electron chi connectivity index (χ4n) is 1.92. The van der Waals surface area contributed by atoms with E-state index in [1.807, 2.05) is 0 Å². The summed E-state index contributed by atoms with van der Waals surface area (Å²) >= 11 is 4.92. The molecule has 10 heteroatoms. The highest BCUT2D eigenvalue weighted by atomic mass is 32.1. The van der Waals surface area contributed by atoms with Crippen LogP contribution in [-0.4, -0.2) is 23.1 Å². The number of thiocarbonyl (C=S) groups is 1. The van der Waals surface area contributed by atoms with Crippen LogP contribution in [0, 0.1) is 11.3 Å². The predicted octanol–water partition coefficient (Wildman–Crippen LogP) is 3.11. The van der Waals surface area contributed by atoms with Gasteiger partial charge < -0.3 is 10.1 Å². The van der Waals surface area contributed by atoms with Crippen LogP contribution in [0.1, 0.15) is 21.6 Å². The Morgan fingerprint density at radius 2 is 1.96 bits per heavy atom. The highest BCUT2D eigenvalue weighted by molar-refractivity contribution is 7.80. The maximum atomic E-state index is 12.9. The molecule has 0 aliphatic heterocycles. The molecule has 0 fully saturated rings. The van der Waals surface area contributed by atoms with Crippen molar-refractivity contribution in [2.75, 3.05) is 12.4 Å². The van der Waals surface area contributed by atoms with Crippen molar-refractivity contribution in [1.29, 1.82) is 5.26 Å². The first-order chi connectivity index (χ1) is 12.2. The minimum absolute atomic E-state index is 0.114. The molecule has 1 aromatic heterocycles. The van der Waals surface area contributed by atoms with E-state index in [4.69, 9.17) is 22.2 Å². The number of ether oxygens (including phenoxy) is 1. The molecular weight excluding hydrogens is 369 g/mol. The lowest BCUT2D eigenvalue weighted by Gasteiger charge is -2.12. The molecule has 26 heavy (non-hydrogen) atoms. The van der Waals surface area contributed by atoms with Crippen LogP contribution in [0.15, 0.2) is 36.5 Å². The van der Waals surface area contributed by atoms with Gasteiger partial charge in [-0.1, -0.05) is 0 Å². The van der Waals surface area contributed by atoms with Crippen molar-refractivity contribution in [3.05, 3.63) is 53.3 Å². The maximum Gasteiger partial charge on any atom is 0.419 e. The average Bonchev–Trinajstić information content (AvgIpc) is 2.60. The Morgan fingerprint density at radius 3 is 2.50 bits per heavy atom. The molecule has 0 saturated carbocycles. The first kappa shape index (κ1) is 19.1. The number of nitrogens with one attached hydrogen (secondary N) is 2. The summed E-state index contributed by atoms with van der Waals surface area (Å²) in [5.74, 6) is 0.00777. The number of nitriles is 1. The van der Waals surface area contributed by atoms with Gasteiger partial charge in [-0.15, -0.1) is 0 Å². The van der Waals surface area contributed by atoms with Crippen molar-refractivity contribution >= 4 is 28.9 Å². The molecule has 1 heterocycles. The van der Waals surface area contributed by atoms with Gasteiger partial charge in [0.1, 0.15) is 11.8 Å². The largest absolute Gasteiger partial charge is 0.497 e. The number of halogens is 3. The topological polar surface area (TPSA) is 87.0 Å². The molecule has 2 N–H and O–H groups in total. The number of benzene rings is 1. The summed E-state index contributed by atoms with van der Waals surface area (Å²) < 4.78 is 43.7. The van der Waals surface area contributed by atoms with Crippen LogP contribution in [0.3, 0.4) is 0 Å². The van der Waals surface area contributed by atoms with Gasteiger partial charge in [0.15, 0.2) is 10.8 Å². The number of amides is 1. The Bertz CT molecular complexity index is 877. The first-order valence-corrected chi connectivity index (χ1v) is 7.39. The molecule has 0 bridgehead atoms. The van der Waals surface area contributed by atoms with E-state index in [9.17, 15) is 18.0 Å². The minimum atomic E-state index is -4.75. The highest BCUT2D eigenvalue weighted by Crippen LogP contribution is 2.32. The van der Waals surface area contributed by atoms with Gasteiger partial charge in [0.2, 0.25) is 0 Å². The number of methoxy groups -OCH3 is 1. The van der Waals surface area contributed by atoms with E-state index >= 15 is 0 Å². The van der Waals surface area contributed by atoms with Crippen molar-refractivity contribution in [2.24, 2.45) is 0 Å². The maximum absolute atomic E-state index is 12.9. The van der Waals surface area contributed by atoms with Crippen LogP contribution in [0.2, 0.25) is 0 Å². The Balaban J connectivity index is 2.10. The van der Waals surface area contributed by atoms with Gasteiger partial charge in [0.05, 0.1) is 24.6 Å². The zero-order chi connectivity index (χ0) is 19.3. The summed E-state index contributed by atoms with van der Waals surface area (Å²) in [7, 11) is 1.48. The van der Waals surface area contributed by atoms with Crippen LogP contribution >= 0.6 is 12.2 Å². The number of aromatic nitrogens is 1. The fourth-order valence-corrected chi connectivity index (χ4v) is 2.13. The second-order valence-electron chi connectivity index (χ2n) is 4.87. The van der Waals surface area contributed by atoms with Crippen molar-refractivity contribution < 1.29 is 22.7 Å². The third kappa shape index (κ3) is 4.67. The number of alkyl halides is 3. The number of hydrogen-bond donors (Lipinski definition) is 2. The molecule has 0 aliphatic carbocycles. The summed E-state index contributed by atoms with van der Waals surface area (Å²) in [4.78, 5) is 15.5. The SMILES string of the molecule is COc1ccc(C(=O)NC(=S)Nc2cnc(C#N)c(C(F)(F)F)c2)cc1. The molecule has 0 spiro atoms. The quantitative estimate of drug-likeness (QED) is 0.796. The third-order valence-electron chi connectivity index (χ3n) is 3.14. The van der Waals surface area contributed by atoms with Gasteiger partial charge in [-0.25, -0.2) is 4.98 Å². The average molecular weight is 380 g/mol. The molecule has 2 rings (SSSR count). The zero-order valence-electron chi connectivity index (χ0n) is 13.2. The Kier molecular flexibility index (Phi) is 5.74. The Morgan fingerprint density at radius 1 is 1.31 bits per heavy atom. The summed E-state index contributed by atoms with van der Waals surface area (Å²) in [6, 6.07) is 8.22. The van der Waals surface area contributed by atoms with Crippen molar-refractivity contribution in [3.63, 3.8) is 0 Å². The number of hydrogen-bond acceptors (Lipinski definition) is 5. The van der Waals surface area contributed by atoms with Gasteiger partial charge in [-0.3, -0.25) is 10.1 Å². The fraction of sp³-hybridized carbons (Fsp3) is 0.125. The third-order valence-corrected chi connectivity index (χ3v) is 3.34. The van der Waals surface area contributed by atoms with Gasteiger partial charge >= 0.3 is 6.18 Å². The molecule has 6 nitrogen and oxygen atoms in total. The highest BCUT2D eigenvalue weighted by Gasteiger charge is 2.34. The van der Waals surface area contributed by atoms with Gasteiger partial charge in [-0.2, -0.15) is 18.4 Å². The number of carbonyl (C=O) groups is 1. The van der Waals surface area contributed by atoms with E-state index in [0.717, 1.165) is 6.20 Å². The lowest BCUT2D eigenvalue weighted by molar-refractivity contribution is -0.138. The predicted molar refractivity (Wildman–Crippen MR) is 90.6 cm³/mol. The summed E-state index contributed by atoms with van der Waals surface area (Å²) in [6.45, 7) is 0. The second kappa shape index (κ2) is 7.79. The molecule has 1 amide bonds. The second-order valence-corrected chi connectivity index (χ2v) is 5.27. The smallest absolute Gasteiger partial charge is 0.419 e. The monoisotopic (exact) mass is 380 g/mol. The molecule has 134 valence electrons. The van der Waals surface area contributed by atoms with Crippen LogP contribution in [-0.2, 0) is 6.18 Å². The van der Waals surface area contributed by atoms with E-state index in [-0.39, 0.29) is 16.4 Å². The van der Waals surface area contributed by atoms with Gasteiger partial charge in [-0.05, 0) is 42.5 Å². The standard InChI is InChI=1S/C16H11F3N4O2S/c1-25-11-4-2-9(3-5-11)14(24)23-15(26)22-10-6-12(16(17,18)19)13(7-20)21-8-10/h2-6,8H,1H3,(H2,22,23,24,26). The molecule has 1 aromatic carbocycles. The van der Waals surface area contributed by atoms with Gasteiger partial charge in [0.25, 0.3) is 5.91 Å². The molecule has 0 unspecified atom stereocenters. The lowest BCUT2D eigenvalue weighted by Crippen LogP contribution is -2.34. The Labute approximate surface area is 151 Å². The lowest BCUT2D eigenvalue weighted by atomic mass is 10.2. The van der Waals surface area contributed by atoms with Gasteiger partial charge in [0, 0.05) is 5.56 Å². The van der Waals surface area contributed by atoms with Crippen molar-refractivity contribution in [2.45, 2.75) is 6.18 Å². The molecule has 0 aliphatic rings. The molecule has 0 radical (unpaired) electrons. The van der Waals surface area contributed by atoms with Crippen LogP contribution in [0.25, 0.3) is 0 Å². The molecular formula is C16H11F3N4O2S.